The molecule has 2 aromatic carbocycles. The van der Waals surface area contributed by atoms with Crippen LogP contribution in [0.15, 0.2) is 71.5 Å². The van der Waals surface area contributed by atoms with Gasteiger partial charge in [0.2, 0.25) is 5.76 Å². The number of benzene rings is 2. The monoisotopic (exact) mass is 420 g/mol. The fraction of sp³-hybridized carbons (Fsp3) is 0.174. The summed E-state index contributed by atoms with van der Waals surface area (Å²) < 4.78 is 25.2. The van der Waals surface area contributed by atoms with E-state index >= 15 is 0 Å². The van der Waals surface area contributed by atoms with Gasteiger partial charge in [0.25, 0.3) is 5.91 Å². The first-order valence-electron chi connectivity index (χ1n) is 9.65. The van der Waals surface area contributed by atoms with Gasteiger partial charge in [-0.2, -0.15) is 5.10 Å². The SMILES string of the molecule is COc1cccc(-n2cc(CN(C)C(=O)c3cc(Cc4ccc(F)cc4)no3)cn2)c1. The number of methoxy groups -OCH3 is 1. The largest absolute Gasteiger partial charge is 0.497 e. The van der Waals surface area contributed by atoms with Crippen LogP contribution in [0.3, 0.4) is 0 Å². The minimum atomic E-state index is -0.295. The zero-order valence-electron chi connectivity index (χ0n) is 17.2. The predicted molar refractivity (Wildman–Crippen MR) is 112 cm³/mol. The van der Waals surface area contributed by atoms with Crippen molar-refractivity contribution in [3.63, 3.8) is 0 Å². The first-order valence-corrected chi connectivity index (χ1v) is 9.65. The van der Waals surface area contributed by atoms with Crippen LogP contribution in [0.5, 0.6) is 5.75 Å². The highest BCUT2D eigenvalue weighted by molar-refractivity contribution is 5.91. The Morgan fingerprint density at radius 2 is 1.97 bits per heavy atom. The topological polar surface area (TPSA) is 73.4 Å². The number of ether oxygens (including phenoxy) is 1. The van der Waals surface area contributed by atoms with Gasteiger partial charge in [-0.3, -0.25) is 4.79 Å². The van der Waals surface area contributed by atoms with E-state index in [0.29, 0.717) is 18.7 Å². The summed E-state index contributed by atoms with van der Waals surface area (Å²) in [6.07, 6.45) is 4.02. The quantitative estimate of drug-likeness (QED) is 0.454. The molecule has 31 heavy (non-hydrogen) atoms. The van der Waals surface area contributed by atoms with Crippen LogP contribution in [0, 0.1) is 5.82 Å². The van der Waals surface area contributed by atoms with Crippen molar-refractivity contribution in [3.8, 4) is 11.4 Å². The molecule has 4 rings (SSSR count). The molecular weight excluding hydrogens is 399 g/mol. The Bertz CT molecular complexity index is 1180. The van der Waals surface area contributed by atoms with Crippen LogP contribution in [0.1, 0.15) is 27.4 Å². The van der Waals surface area contributed by atoms with Crippen molar-refractivity contribution in [2.75, 3.05) is 14.2 Å². The van der Waals surface area contributed by atoms with Crippen molar-refractivity contribution < 1.29 is 18.4 Å². The lowest BCUT2D eigenvalue weighted by Gasteiger charge is -2.13. The molecule has 0 saturated carbocycles. The summed E-state index contributed by atoms with van der Waals surface area (Å²) >= 11 is 0. The summed E-state index contributed by atoms with van der Waals surface area (Å²) in [6.45, 7) is 0.358. The highest BCUT2D eigenvalue weighted by Crippen LogP contribution is 2.17. The molecule has 0 N–H and O–H groups in total. The number of rotatable bonds is 7. The molecule has 0 aliphatic rings. The second-order valence-electron chi connectivity index (χ2n) is 7.14. The molecule has 0 saturated heterocycles. The van der Waals surface area contributed by atoms with Crippen LogP contribution < -0.4 is 4.74 Å². The molecule has 0 fully saturated rings. The molecule has 2 heterocycles. The van der Waals surface area contributed by atoms with Crippen LogP contribution in [0.25, 0.3) is 5.69 Å². The van der Waals surface area contributed by atoms with E-state index in [-0.39, 0.29) is 17.5 Å². The van der Waals surface area contributed by atoms with Gasteiger partial charge in [-0.25, -0.2) is 9.07 Å². The first-order chi connectivity index (χ1) is 15.0. The van der Waals surface area contributed by atoms with E-state index in [1.54, 1.807) is 43.2 Å². The minimum absolute atomic E-state index is 0.153. The van der Waals surface area contributed by atoms with Gasteiger partial charge in [-0.15, -0.1) is 0 Å². The molecule has 2 aromatic heterocycles. The third-order valence-corrected chi connectivity index (χ3v) is 4.79. The molecule has 0 bridgehead atoms. The summed E-state index contributed by atoms with van der Waals surface area (Å²) in [5, 5.41) is 8.32. The Morgan fingerprint density at radius 1 is 1.16 bits per heavy atom. The Hall–Kier alpha value is -3.94. The molecule has 7 nitrogen and oxygen atoms in total. The fourth-order valence-electron chi connectivity index (χ4n) is 3.18. The van der Waals surface area contributed by atoms with Crippen molar-refractivity contribution >= 4 is 5.91 Å². The molecule has 4 aromatic rings. The minimum Gasteiger partial charge on any atom is -0.497 e. The lowest BCUT2D eigenvalue weighted by atomic mass is 10.1. The molecule has 0 aliphatic carbocycles. The summed E-state index contributed by atoms with van der Waals surface area (Å²) in [5.41, 5.74) is 3.21. The van der Waals surface area contributed by atoms with E-state index in [2.05, 4.69) is 10.3 Å². The van der Waals surface area contributed by atoms with Gasteiger partial charge in [0, 0.05) is 43.9 Å². The van der Waals surface area contributed by atoms with Crippen molar-refractivity contribution in [1.82, 2.24) is 19.8 Å². The molecule has 0 unspecified atom stereocenters. The van der Waals surface area contributed by atoms with E-state index in [1.807, 2.05) is 30.5 Å². The molecule has 0 radical (unpaired) electrons. The van der Waals surface area contributed by atoms with Gasteiger partial charge in [-0.1, -0.05) is 23.4 Å². The molecule has 1 amide bonds. The fourth-order valence-corrected chi connectivity index (χ4v) is 3.18. The standard InChI is InChI=1S/C23H21FN4O3/c1-27(14-17-13-25-28(15-17)20-4-3-5-21(12-20)30-2)23(29)22-11-19(26-31-22)10-16-6-8-18(24)9-7-16/h3-9,11-13,15H,10,14H2,1-2H3. The maximum atomic E-state index is 13.0. The smallest absolute Gasteiger partial charge is 0.292 e. The number of hydrogen-bond donors (Lipinski definition) is 0. The molecule has 158 valence electrons. The summed E-state index contributed by atoms with van der Waals surface area (Å²) in [6, 6.07) is 15.3. The zero-order valence-corrected chi connectivity index (χ0v) is 17.2. The van der Waals surface area contributed by atoms with Gasteiger partial charge in [0.05, 0.1) is 24.7 Å². The Balaban J connectivity index is 1.40. The predicted octanol–water partition coefficient (Wildman–Crippen LogP) is 3.87. The maximum absolute atomic E-state index is 13.0. The van der Waals surface area contributed by atoms with Crippen LogP contribution in [0.4, 0.5) is 4.39 Å². The second kappa shape index (κ2) is 8.83. The normalized spacial score (nSPS) is 10.8. The summed E-state index contributed by atoms with van der Waals surface area (Å²) in [5.74, 6) is 0.312. The third kappa shape index (κ3) is 4.80. The number of carbonyl (C=O) groups excluding carboxylic acids is 1. The number of amides is 1. The Kier molecular flexibility index (Phi) is 5.79. The van der Waals surface area contributed by atoms with Gasteiger partial charge in [0.1, 0.15) is 11.6 Å². The van der Waals surface area contributed by atoms with E-state index in [0.717, 1.165) is 22.6 Å². The van der Waals surface area contributed by atoms with E-state index in [9.17, 15) is 9.18 Å². The molecular formula is C23H21FN4O3. The lowest BCUT2D eigenvalue weighted by Crippen LogP contribution is -2.25. The van der Waals surface area contributed by atoms with E-state index in [1.165, 1.54) is 17.0 Å². The van der Waals surface area contributed by atoms with Crippen molar-refractivity contribution in [3.05, 3.63) is 95.4 Å². The van der Waals surface area contributed by atoms with Gasteiger partial charge in [-0.05, 0) is 29.8 Å². The molecule has 0 aliphatic heterocycles. The lowest BCUT2D eigenvalue weighted by molar-refractivity contribution is 0.0743. The Morgan fingerprint density at radius 3 is 2.74 bits per heavy atom. The summed E-state index contributed by atoms with van der Waals surface area (Å²) in [7, 11) is 3.30. The average molecular weight is 420 g/mol. The number of hydrogen-bond acceptors (Lipinski definition) is 5. The van der Waals surface area contributed by atoms with Gasteiger partial charge in [0.15, 0.2) is 0 Å². The number of carbonyl (C=O) groups is 1. The van der Waals surface area contributed by atoms with Gasteiger partial charge < -0.3 is 14.2 Å². The third-order valence-electron chi connectivity index (χ3n) is 4.79. The van der Waals surface area contributed by atoms with Crippen LogP contribution >= 0.6 is 0 Å². The highest BCUT2D eigenvalue weighted by Gasteiger charge is 2.18. The Labute approximate surface area is 178 Å². The number of nitrogens with zero attached hydrogens (tertiary/aromatic N) is 4. The maximum Gasteiger partial charge on any atom is 0.292 e. The number of aromatic nitrogens is 3. The van der Waals surface area contributed by atoms with Gasteiger partial charge >= 0.3 is 0 Å². The van der Waals surface area contributed by atoms with Crippen molar-refractivity contribution in [2.24, 2.45) is 0 Å². The second-order valence-corrected chi connectivity index (χ2v) is 7.14. The van der Waals surface area contributed by atoms with E-state index in [4.69, 9.17) is 9.26 Å². The molecule has 0 atom stereocenters. The zero-order chi connectivity index (χ0) is 21.8. The first kappa shape index (κ1) is 20.3. The average Bonchev–Trinajstić information content (AvgIpc) is 3.45. The molecule has 0 spiro atoms. The van der Waals surface area contributed by atoms with Crippen molar-refractivity contribution in [2.45, 2.75) is 13.0 Å². The number of halogens is 1. The highest BCUT2D eigenvalue weighted by atomic mass is 19.1. The van der Waals surface area contributed by atoms with E-state index < -0.39 is 0 Å². The van der Waals surface area contributed by atoms with Crippen LogP contribution in [0.2, 0.25) is 0 Å². The van der Waals surface area contributed by atoms with Crippen LogP contribution in [-0.2, 0) is 13.0 Å². The molecule has 8 heteroatoms. The van der Waals surface area contributed by atoms with Crippen LogP contribution in [-0.4, -0.2) is 39.9 Å². The summed E-state index contributed by atoms with van der Waals surface area (Å²) in [4.78, 5) is 14.3. The van der Waals surface area contributed by atoms with Crippen molar-refractivity contribution in [1.29, 1.82) is 0 Å².